The maximum absolute atomic E-state index is 13.2. The van der Waals surface area contributed by atoms with Crippen molar-refractivity contribution in [2.45, 2.75) is 30.6 Å². The monoisotopic (exact) mass is 403 g/mol. The molecule has 2 aromatic carbocycles. The lowest BCUT2D eigenvalue weighted by Crippen LogP contribution is -2.20. The zero-order valence-electron chi connectivity index (χ0n) is 15.6. The Morgan fingerprint density at radius 1 is 1.21 bits per heavy atom. The molecule has 148 valence electrons. The molecule has 6 nitrogen and oxygen atoms in total. The molecule has 0 spiro atoms. The van der Waals surface area contributed by atoms with Gasteiger partial charge in [0.2, 0.25) is 5.91 Å². The summed E-state index contributed by atoms with van der Waals surface area (Å²) in [6, 6.07) is 12.1. The first-order chi connectivity index (χ1) is 13.3. The van der Waals surface area contributed by atoms with E-state index in [0.717, 1.165) is 18.5 Å². The normalized spacial score (nSPS) is 15.8. The summed E-state index contributed by atoms with van der Waals surface area (Å²) in [5.74, 6) is -0.0736. The number of carbonyl (C=O) groups excluding carboxylic acids is 1. The van der Waals surface area contributed by atoms with Gasteiger partial charge in [0.25, 0.3) is 10.0 Å². The minimum atomic E-state index is -3.84. The van der Waals surface area contributed by atoms with Gasteiger partial charge in [-0.2, -0.15) is 8.42 Å². The van der Waals surface area contributed by atoms with E-state index in [9.17, 15) is 17.6 Å². The van der Waals surface area contributed by atoms with Gasteiger partial charge in [-0.15, -0.1) is 4.40 Å². The average molecular weight is 403 g/mol. The van der Waals surface area contributed by atoms with Crippen molar-refractivity contribution in [2.75, 3.05) is 18.9 Å². The van der Waals surface area contributed by atoms with Crippen LogP contribution in [0.5, 0.6) is 0 Å². The third-order valence-electron chi connectivity index (χ3n) is 4.51. The Hall–Kier alpha value is -2.74. The van der Waals surface area contributed by atoms with Crippen molar-refractivity contribution < 1.29 is 17.6 Å². The Morgan fingerprint density at radius 3 is 2.71 bits per heavy atom. The molecule has 1 heterocycles. The SMILES string of the molecule is CN1CCC/C1=N\S(=O)(=O)c1cccc(NC(=O)CCc2cccc(F)c2)c1. The third kappa shape index (κ3) is 5.16. The van der Waals surface area contributed by atoms with Crippen molar-refractivity contribution in [3.63, 3.8) is 0 Å². The lowest BCUT2D eigenvalue weighted by Gasteiger charge is -2.11. The minimum Gasteiger partial charge on any atom is -0.362 e. The fraction of sp³-hybridized carbons (Fsp3) is 0.300. The smallest absolute Gasteiger partial charge is 0.284 e. The molecule has 1 aliphatic rings. The maximum atomic E-state index is 13.2. The molecule has 0 radical (unpaired) electrons. The lowest BCUT2D eigenvalue weighted by molar-refractivity contribution is -0.116. The molecule has 3 rings (SSSR count). The number of amidine groups is 1. The molecule has 1 N–H and O–H groups in total. The minimum absolute atomic E-state index is 0.0308. The molecule has 0 unspecified atom stereocenters. The van der Waals surface area contributed by atoms with Crippen LogP contribution in [0.3, 0.4) is 0 Å². The summed E-state index contributed by atoms with van der Waals surface area (Å²) in [5.41, 5.74) is 1.10. The first-order valence-electron chi connectivity index (χ1n) is 9.03. The fourth-order valence-corrected chi connectivity index (χ4v) is 4.15. The van der Waals surface area contributed by atoms with E-state index in [2.05, 4.69) is 9.71 Å². The van der Waals surface area contributed by atoms with E-state index in [0.29, 0.717) is 24.4 Å². The standard InChI is InChI=1S/C20H22FN3O3S/c1-24-12-4-9-19(24)23-28(26,27)18-8-3-7-17(14-18)22-20(25)11-10-15-5-2-6-16(21)13-15/h2-3,5-8,13-14H,4,9-12H2,1H3,(H,22,25)/b23-19+. The number of amides is 1. The van der Waals surface area contributed by atoms with E-state index in [1.165, 1.54) is 24.3 Å². The van der Waals surface area contributed by atoms with Crippen molar-refractivity contribution in [1.29, 1.82) is 0 Å². The van der Waals surface area contributed by atoms with Crippen molar-refractivity contribution in [1.82, 2.24) is 4.90 Å². The van der Waals surface area contributed by atoms with Crippen LogP contribution in [0.15, 0.2) is 57.8 Å². The number of benzene rings is 2. The molecule has 1 saturated heterocycles. The number of nitrogens with one attached hydrogen (secondary N) is 1. The summed E-state index contributed by atoms with van der Waals surface area (Å²) in [5, 5.41) is 2.69. The number of carbonyl (C=O) groups is 1. The van der Waals surface area contributed by atoms with Gasteiger partial charge in [0.15, 0.2) is 0 Å². The van der Waals surface area contributed by atoms with Crippen LogP contribution in [0, 0.1) is 5.82 Å². The van der Waals surface area contributed by atoms with Crippen molar-refractivity contribution in [3.8, 4) is 0 Å². The van der Waals surface area contributed by atoms with Gasteiger partial charge >= 0.3 is 0 Å². The molecular formula is C20H22FN3O3S. The molecule has 1 fully saturated rings. The zero-order chi connectivity index (χ0) is 20.1. The van der Waals surface area contributed by atoms with Gasteiger partial charge in [-0.3, -0.25) is 4.79 Å². The Morgan fingerprint density at radius 2 is 2.00 bits per heavy atom. The first-order valence-corrected chi connectivity index (χ1v) is 10.5. The Labute approximate surface area is 164 Å². The highest BCUT2D eigenvalue weighted by molar-refractivity contribution is 7.90. The van der Waals surface area contributed by atoms with Crippen LogP contribution in [0.4, 0.5) is 10.1 Å². The second kappa shape index (κ2) is 8.52. The molecular weight excluding hydrogens is 381 g/mol. The van der Waals surface area contributed by atoms with Gasteiger partial charge in [0.1, 0.15) is 11.7 Å². The number of hydrogen-bond donors (Lipinski definition) is 1. The molecule has 0 saturated carbocycles. The van der Waals surface area contributed by atoms with E-state index in [-0.39, 0.29) is 23.0 Å². The van der Waals surface area contributed by atoms with Gasteiger partial charge in [0, 0.05) is 32.1 Å². The molecule has 0 aromatic heterocycles. The molecule has 1 aliphatic heterocycles. The summed E-state index contributed by atoms with van der Waals surface area (Å²) in [4.78, 5) is 14.0. The Kier molecular flexibility index (Phi) is 6.08. The average Bonchev–Trinajstić information content (AvgIpc) is 3.04. The van der Waals surface area contributed by atoms with E-state index >= 15 is 0 Å². The highest BCUT2D eigenvalue weighted by Gasteiger charge is 2.20. The summed E-state index contributed by atoms with van der Waals surface area (Å²) in [6.07, 6.45) is 2.06. The van der Waals surface area contributed by atoms with Gasteiger partial charge in [0.05, 0.1) is 4.90 Å². The number of hydrogen-bond acceptors (Lipinski definition) is 3. The molecule has 8 heteroatoms. The van der Waals surface area contributed by atoms with Crippen LogP contribution < -0.4 is 5.32 Å². The van der Waals surface area contributed by atoms with E-state index < -0.39 is 10.0 Å². The van der Waals surface area contributed by atoms with Crippen molar-refractivity contribution >= 4 is 27.5 Å². The van der Waals surface area contributed by atoms with Crippen molar-refractivity contribution in [2.24, 2.45) is 4.40 Å². The zero-order valence-corrected chi connectivity index (χ0v) is 16.4. The van der Waals surface area contributed by atoms with Crippen LogP contribution >= 0.6 is 0 Å². The highest BCUT2D eigenvalue weighted by atomic mass is 32.2. The number of aryl methyl sites for hydroxylation is 1. The van der Waals surface area contributed by atoms with Crippen molar-refractivity contribution in [3.05, 3.63) is 59.9 Å². The third-order valence-corrected chi connectivity index (χ3v) is 5.81. The van der Waals surface area contributed by atoms with E-state index in [4.69, 9.17) is 0 Å². The number of anilines is 1. The topological polar surface area (TPSA) is 78.8 Å². The van der Waals surface area contributed by atoms with Gasteiger partial charge in [-0.1, -0.05) is 18.2 Å². The van der Waals surface area contributed by atoms with Crippen LogP contribution in [-0.4, -0.2) is 38.7 Å². The van der Waals surface area contributed by atoms with Crippen LogP contribution in [-0.2, 0) is 21.2 Å². The number of sulfonamides is 1. The van der Waals surface area contributed by atoms with Gasteiger partial charge in [-0.25, -0.2) is 4.39 Å². The largest absolute Gasteiger partial charge is 0.362 e. The van der Waals surface area contributed by atoms with Gasteiger partial charge in [-0.05, 0) is 48.7 Å². The predicted octanol–water partition coefficient (Wildman–Crippen LogP) is 3.21. The second-order valence-electron chi connectivity index (χ2n) is 6.71. The summed E-state index contributed by atoms with van der Waals surface area (Å²) >= 11 is 0. The highest BCUT2D eigenvalue weighted by Crippen LogP contribution is 2.20. The molecule has 28 heavy (non-hydrogen) atoms. The number of nitrogens with zero attached hydrogens (tertiary/aromatic N) is 2. The summed E-state index contributed by atoms with van der Waals surface area (Å²) in [7, 11) is -2.03. The molecule has 0 atom stereocenters. The lowest BCUT2D eigenvalue weighted by atomic mass is 10.1. The Bertz CT molecular complexity index is 1010. The van der Waals surface area contributed by atoms with Crippen LogP contribution in [0.2, 0.25) is 0 Å². The van der Waals surface area contributed by atoms with Crippen LogP contribution in [0.1, 0.15) is 24.8 Å². The molecule has 0 bridgehead atoms. The molecule has 1 amide bonds. The predicted molar refractivity (Wildman–Crippen MR) is 106 cm³/mol. The maximum Gasteiger partial charge on any atom is 0.284 e. The summed E-state index contributed by atoms with van der Waals surface area (Å²) < 4.78 is 42.2. The quantitative estimate of drug-likeness (QED) is 0.803. The molecule has 0 aliphatic carbocycles. The number of likely N-dealkylation sites (tertiary alicyclic amines) is 1. The van der Waals surface area contributed by atoms with E-state index in [1.54, 1.807) is 24.3 Å². The van der Waals surface area contributed by atoms with Gasteiger partial charge < -0.3 is 10.2 Å². The van der Waals surface area contributed by atoms with E-state index in [1.807, 2.05) is 11.9 Å². The number of halogens is 1. The second-order valence-corrected chi connectivity index (χ2v) is 8.32. The Balaban J connectivity index is 1.66. The number of rotatable bonds is 6. The summed E-state index contributed by atoms with van der Waals surface area (Å²) in [6.45, 7) is 0.787. The fourth-order valence-electron chi connectivity index (χ4n) is 3.01. The first kappa shape index (κ1) is 20.0. The molecule has 2 aromatic rings. The van der Waals surface area contributed by atoms with Crippen LogP contribution in [0.25, 0.3) is 0 Å².